The summed E-state index contributed by atoms with van der Waals surface area (Å²) in [6.07, 6.45) is 0. The largest absolute Gasteiger partial charge is 0.381 e. The first-order valence-corrected chi connectivity index (χ1v) is 6.25. The number of nitrogens with one attached hydrogen (secondary N) is 1. The van der Waals surface area contributed by atoms with Gasteiger partial charge in [0.15, 0.2) is 0 Å². The zero-order valence-corrected chi connectivity index (χ0v) is 11.2. The predicted octanol–water partition coefficient (Wildman–Crippen LogP) is 4.85. The molecule has 1 N–H and O–H groups in total. The molecule has 1 nitrogen and oxygen atoms in total. The lowest BCUT2D eigenvalue weighted by Crippen LogP contribution is -1.99. The third-order valence-electron chi connectivity index (χ3n) is 2.32. The third-order valence-corrected chi connectivity index (χ3v) is 3.54. The predicted molar refractivity (Wildman–Crippen MR) is 72.9 cm³/mol. The fourth-order valence-electron chi connectivity index (χ4n) is 1.42. The Morgan fingerprint density at radius 2 is 1.82 bits per heavy atom. The number of hydrogen-bond acceptors (Lipinski definition) is 1. The van der Waals surface area contributed by atoms with Crippen molar-refractivity contribution in [3.63, 3.8) is 0 Å². The van der Waals surface area contributed by atoms with Gasteiger partial charge in [-0.3, -0.25) is 0 Å². The normalized spacial score (nSPS) is 10.3. The highest BCUT2D eigenvalue weighted by molar-refractivity contribution is 9.10. The lowest BCUT2D eigenvalue weighted by Gasteiger charge is -2.07. The van der Waals surface area contributed by atoms with E-state index in [1.54, 1.807) is 12.1 Å². The Bertz CT molecular complexity index is 513. The van der Waals surface area contributed by atoms with E-state index in [1.165, 1.54) is 12.1 Å². The summed E-state index contributed by atoms with van der Waals surface area (Å²) in [5, 5.41) is 3.89. The first-order chi connectivity index (χ1) is 8.15. The maximum atomic E-state index is 12.7. The summed E-state index contributed by atoms with van der Waals surface area (Å²) in [5.74, 6) is -0.232. The van der Waals surface area contributed by atoms with Crippen molar-refractivity contribution >= 4 is 33.2 Å². The fourth-order valence-corrected chi connectivity index (χ4v) is 1.97. The molecule has 0 spiro atoms. The topological polar surface area (TPSA) is 12.0 Å². The van der Waals surface area contributed by atoms with Crippen molar-refractivity contribution in [1.82, 2.24) is 0 Å². The van der Waals surface area contributed by atoms with Crippen LogP contribution in [-0.4, -0.2) is 0 Å². The van der Waals surface area contributed by atoms with Gasteiger partial charge in [0.05, 0.1) is 5.02 Å². The van der Waals surface area contributed by atoms with E-state index in [0.29, 0.717) is 11.6 Å². The van der Waals surface area contributed by atoms with Gasteiger partial charge in [-0.2, -0.15) is 0 Å². The van der Waals surface area contributed by atoms with Crippen molar-refractivity contribution in [3.8, 4) is 0 Å². The lowest BCUT2D eigenvalue weighted by atomic mass is 10.2. The van der Waals surface area contributed by atoms with E-state index in [1.807, 2.05) is 18.2 Å². The molecule has 2 aromatic carbocycles. The van der Waals surface area contributed by atoms with Crippen LogP contribution in [0.25, 0.3) is 0 Å². The van der Waals surface area contributed by atoms with E-state index >= 15 is 0 Å². The minimum Gasteiger partial charge on any atom is -0.381 e. The van der Waals surface area contributed by atoms with Crippen molar-refractivity contribution in [2.75, 3.05) is 5.32 Å². The van der Waals surface area contributed by atoms with Gasteiger partial charge in [-0.05, 0) is 57.9 Å². The number of halogens is 3. The standard InChI is InChI=1S/C13H10BrClFN/c14-12-7-9(1-6-13(12)15)8-17-11-4-2-10(16)3-5-11/h1-7,17H,8H2. The Hall–Kier alpha value is -1.06. The molecular formula is C13H10BrClFN. The zero-order valence-electron chi connectivity index (χ0n) is 8.88. The molecule has 0 saturated carbocycles. The number of rotatable bonds is 3. The molecule has 0 aromatic heterocycles. The second-order valence-corrected chi connectivity index (χ2v) is 4.87. The Labute approximate surface area is 113 Å². The van der Waals surface area contributed by atoms with Crippen molar-refractivity contribution in [3.05, 3.63) is 63.3 Å². The second-order valence-electron chi connectivity index (χ2n) is 3.61. The van der Waals surface area contributed by atoms with E-state index in [0.717, 1.165) is 15.7 Å². The van der Waals surface area contributed by atoms with Crippen LogP contribution in [-0.2, 0) is 6.54 Å². The summed E-state index contributed by atoms with van der Waals surface area (Å²) in [7, 11) is 0. The molecule has 4 heteroatoms. The molecule has 0 atom stereocenters. The van der Waals surface area contributed by atoms with Gasteiger partial charge in [0.2, 0.25) is 0 Å². The molecule has 88 valence electrons. The van der Waals surface area contributed by atoms with Gasteiger partial charge in [-0.15, -0.1) is 0 Å². The highest BCUT2D eigenvalue weighted by Gasteiger charge is 1.99. The second kappa shape index (κ2) is 5.52. The van der Waals surface area contributed by atoms with Gasteiger partial charge in [-0.25, -0.2) is 4.39 Å². The van der Waals surface area contributed by atoms with Crippen molar-refractivity contribution in [2.24, 2.45) is 0 Å². The van der Waals surface area contributed by atoms with Gasteiger partial charge in [0, 0.05) is 16.7 Å². The Morgan fingerprint density at radius 1 is 1.12 bits per heavy atom. The quantitative estimate of drug-likeness (QED) is 0.853. The average molecular weight is 315 g/mol. The summed E-state index contributed by atoms with van der Waals surface area (Å²) >= 11 is 9.28. The first-order valence-electron chi connectivity index (χ1n) is 5.08. The monoisotopic (exact) mass is 313 g/mol. The molecular weight excluding hydrogens is 305 g/mol. The maximum Gasteiger partial charge on any atom is 0.123 e. The van der Waals surface area contributed by atoms with Gasteiger partial charge in [0.25, 0.3) is 0 Å². The molecule has 0 amide bonds. The van der Waals surface area contributed by atoms with Crippen LogP contribution in [0.1, 0.15) is 5.56 Å². The number of benzene rings is 2. The number of anilines is 1. The first kappa shape index (κ1) is 12.4. The molecule has 2 rings (SSSR count). The van der Waals surface area contributed by atoms with E-state index in [9.17, 15) is 4.39 Å². The van der Waals surface area contributed by atoms with Crippen LogP contribution in [0.4, 0.5) is 10.1 Å². The van der Waals surface area contributed by atoms with E-state index in [2.05, 4.69) is 21.2 Å². The molecule has 0 unspecified atom stereocenters. The van der Waals surface area contributed by atoms with Crippen molar-refractivity contribution in [2.45, 2.75) is 6.54 Å². The summed E-state index contributed by atoms with van der Waals surface area (Å²) < 4.78 is 13.6. The molecule has 0 aliphatic carbocycles. The van der Waals surface area contributed by atoms with E-state index < -0.39 is 0 Å². The molecule has 0 heterocycles. The lowest BCUT2D eigenvalue weighted by molar-refractivity contribution is 0.628. The van der Waals surface area contributed by atoms with Crippen LogP contribution in [0.5, 0.6) is 0 Å². The molecule has 0 fully saturated rings. The minimum atomic E-state index is -0.232. The van der Waals surface area contributed by atoms with E-state index in [4.69, 9.17) is 11.6 Å². The van der Waals surface area contributed by atoms with Crippen molar-refractivity contribution < 1.29 is 4.39 Å². The summed E-state index contributed by atoms with van der Waals surface area (Å²) in [5.41, 5.74) is 1.99. The zero-order chi connectivity index (χ0) is 12.3. The molecule has 17 heavy (non-hydrogen) atoms. The number of hydrogen-bond donors (Lipinski definition) is 1. The SMILES string of the molecule is Fc1ccc(NCc2ccc(Cl)c(Br)c2)cc1. The molecule has 0 saturated heterocycles. The highest BCUT2D eigenvalue weighted by atomic mass is 79.9. The van der Waals surface area contributed by atoms with Gasteiger partial charge in [0.1, 0.15) is 5.82 Å². The summed E-state index contributed by atoms with van der Waals surface area (Å²) in [6, 6.07) is 12.0. The fraction of sp³-hybridized carbons (Fsp3) is 0.0769. The van der Waals surface area contributed by atoms with Crippen LogP contribution >= 0.6 is 27.5 Å². The smallest absolute Gasteiger partial charge is 0.123 e. The van der Waals surface area contributed by atoms with Crippen LogP contribution in [0.2, 0.25) is 5.02 Å². The van der Waals surface area contributed by atoms with Crippen LogP contribution < -0.4 is 5.32 Å². The van der Waals surface area contributed by atoms with Crippen LogP contribution in [0.3, 0.4) is 0 Å². The van der Waals surface area contributed by atoms with Crippen LogP contribution in [0, 0.1) is 5.82 Å². The molecule has 0 radical (unpaired) electrons. The van der Waals surface area contributed by atoms with E-state index in [-0.39, 0.29) is 5.82 Å². The molecule has 2 aromatic rings. The Morgan fingerprint density at radius 3 is 2.47 bits per heavy atom. The average Bonchev–Trinajstić information content (AvgIpc) is 2.33. The molecule has 0 bridgehead atoms. The summed E-state index contributed by atoms with van der Waals surface area (Å²) in [6.45, 7) is 0.668. The maximum absolute atomic E-state index is 12.7. The highest BCUT2D eigenvalue weighted by Crippen LogP contribution is 2.23. The molecule has 0 aliphatic heterocycles. The molecule has 0 aliphatic rings. The summed E-state index contributed by atoms with van der Waals surface area (Å²) in [4.78, 5) is 0. The van der Waals surface area contributed by atoms with Gasteiger partial charge < -0.3 is 5.32 Å². The van der Waals surface area contributed by atoms with Gasteiger partial charge >= 0.3 is 0 Å². The van der Waals surface area contributed by atoms with Crippen molar-refractivity contribution in [1.29, 1.82) is 0 Å². The Balaban J connectivity index is 2.02. The minimum absolute atomic E-state index is 0.232. The van der Waals surface area contributed by atoms with Crippen LogP contribution in [0.15, 0.2) is 46.9 Å². The Kier molecular flexibility index (Phi) is 4.02. The third kappa shape index (κ3) is 3.45. The van der Waals surface area contributed by atoms with Gasteiger partial charge in [-0.1, -0.05) is 17.7 Å².